The molecule has 0 saturated carbocycles. The van der Waals surface area contributed by atoms with Crippen molar-refractivity contribution >= 4 is 17.7 Å². The quantitative estimate of drug-likeness (QED) is 0.553. The third kappa shape index (κ3) is 4.06. The fraction of sp³-hybridized carbons (Fsp3) is 0.786. The topological polar surface area (TPSA) is 26.3 Å². The summed E-state index contributed by atoms with van der Waals surface area (Å²) < 4.78 is 5.01. The van der Waals surface area contributed by atoms with E-state index in [-0.39, 0.29) is 5.97 Å². The summed E-state index contributed by atoms with van der Waals surface area (Å²) in [4.78, 5) is 11.1. The van der Waals surface area contributed by atoms with Gasteiger partial charge in [0.15, 0.2) is 0 Å². The Bertz CT molecular complexity index is 297. The third-order valence-electron chi connectivity index (χ3n) is 3.71. The molecule has 0 radical (unpaired) electrons. The van der Waals surface area contributed by atoms with E-state index in [0.29, 0.717) is 17.1 Å². The van der Waals surface area contributed by atoms with Crippen LogP contribution in [-0.2, 0) is 9.53 Å². The van der Waals surface area contributed by atoms with E-state index in [4.69, 9.17) is 0 Å². The van der Waals surface area contributed by atoms with Gasteiger partial charge in [0.2, 0.25) is 0 Å². The van der Waals surface area contributed by atoms with Crippen molar-refractivity contribution in [3.63, 3.8) is 0 Å². The lowest BCUT2D eigenvalue weighted by Crippen LogP contribution is -2.33. The molecule has 17 heavy (non-hydrogen) atoms. The number of esters is 1. The summed E-state index contributed by atoms with van der Waals surface area (Å²) in [6.45, 7) is 6.79. The van der Waals surface area contributed by atoms with Crippen LogP contribution in [0.15, 0.2) is 11.6 Å². The van der Waals surface area contributed by atoms with Gasteiger partial charge in [0.1, 0.15) is 0 Å². The van der Waals surface area contributed by atoms with Crippen LogP contribution < -0.4 is 0 Å². The van der Waals surface area contributed by atoms with E-state index < -0.39 is 0 Å². The number of hydrogen-bond acceptors (Lipinski definition) is 3. The predicted molar refractivity (Wildman–Crippen MR) is 74.3 cm³/mol. The first-order chi connectivity index (χ1) is 8.00. The van der Waals surface area contributed by atoms with Crippen LogP contribution in [0.5, 0.6) is 0 Å². The predicted octanol–water partition coefficient (Wildman–Crippen LogP) is 3.81. The molecule has 0 N–H and O–H groups in total. The zero-order valence-electron chi connectivity index (χ0n) is 11.4. The summed E-state index contributed by atoms with van der Waals surface area (Å²) in [5.74, 6) is 1.42. The number of carbonyl (C=O) groups is 1. The van der Waals surface area contributed by atoms with Crippen molar-refractivity contribution in [1.82, 2.24) is 0 Å². The molecule has 1 atom stereocenters. The summed E-state index contributed by atoms with van der Waals surface area (Å²) in [5.41, 5.74) is 1.51. The number of hydrogen-bond donors (Lipinski definition) is 0. The smallest absolute Gasteiger partial charge is 0.306 e. The van der Waals surface area contributed by atoms with Gasteiger partial charge in [-0.15, -0.1) is 0 Å². The molecule has 0 heterocycles. The molecule has 98 valence electrons. The number of methoxy groups -OCH3 is 1. The Morgan fingerprint density at radius 3 is 2.76 bits per heavy atom. The zero-order chi connectivity index (χ0) is 12.9. The highest BCUT2D eigenvalue weighted by atomic mass is 32.2. The van der Waals surface area contributed by atoms with Crippen LogP contribution in [0.4, 0.5) is 0 Å². The summed E-state index contributed by atoms with van der Waals surface area (Å²) >= 11 is 1.95. The van der Waals surface area contributed by atoms with E-state index in [0.717, 1.165) is 12.2 Å². The second-order valence-electron chi connectivity index (χ2n) is 5.15. The average Bonchev–Trinajstić information content (AvgIpc) is 2.31. The summed E-state index contributed by atoms with van der Waals surface area (Å²) in [5, 5.41) is 0. The lowest BCUT2D eigenvalue weighted by atomic mass is 9.82. The van der Waals surface area contributed by atoms with Crippen LogP contribution in [0.25, 0.3) is 0 Å². The van der Waals surface area contributed by atoms with Gasteiger partial charge in [-0.3, -0.25) is 4.79 Å². The largest absolute Gasteiger partial charge is 0.469 e. The molecule has 3 heteroatoms. The van der Waals surface area contributed by atoms with E-state index in [1.54, 1.807) is 0 Å². The monoisotopic (exact) mass is 256 g/mol. The minimum atomic E-state index is -0.0982. The van der Waals surface area contributed by atoms with Crippen LogP contribution in [0.3, 0.4) is 0 Å². The molecule has 0 aromatic heterocycles. The average molecular weight is 256 g/mol. The maximum absolute atomic E-state index is 11.1. The fourth-order valence-electron chi connectivity index (χ4n) is 2.22. The molecule has 1 unspecified atom stereocenters. The van der Waals surface area contributed by atoms with Gasteiger partial charge in [0.05, 0.1) is 13.5 Å². The van der Waals surface area contributed by atoms with Crippen LogP contribution in [-0.4, -0.2) is 23.6 Å². The molecule has 0 aliphatic heterocycles. The zero-order valence-corrected chi connectivity index (χ0v) is 12.2. The van der Waals surface area contributed by atoms with Crippen molar-refractivity contribution < 1.29 is 9.53 Å². The summed E-state index contributed by atoms with van der Waals surface area (Å²) in [7, 11) is 1.46. The molecular formula is C14H24O2S. The number of allylic oxidation sites excluding steroid dienone is 2. The minimum absolute atomic E-state index is 0.0982. The van der Waals surface area contributed by atoms with Gasteiger partial charge in [-0.2, -0.15) is 11.8 Å². The van der Waals surface area contributed by atoms with E-state index >= 15 is 0 Å². The van der Waals surface area contributed by atoms with Crippen molar-refractivity contribution in [2.24, 2.45) is 5.92 Å². The first-order valence-corrected chi connectivity index (χ1v) is 7.35. The molecule has 0 fully saturated rings. The first-order valence-electron chi connectivity index (χ1n) is 6.36. The Labute approximate surface area is 109 Å². The lowest BCUT2D eigenvalue weighted by Gasteiger charge is -2.39. The number of ether oxygens (including phenoxy) is 1. The number of thioether (sulfide) groups is 1. The van der Waals surface area contributed by atoms with Gasteiger partial charge in [-0.1, -0.05) is 25.5 Å². The Morgan fingerprint density at radius 2 is 2.29 bits per heavy atom. The molecule has 0 bridgehead atoms. The fourth-order valence-corrected chi connectivity index (χ4v) is 3.68. The molecule has 1 aliphatic rings. The van der Waals surface area contributed by atoms with Crippen molar-refractivity contribution in [3.8, 4) is 0 Å². The lowest BCUT2D eigenvalue weighted by molar-refractivity contribution is -0.140. The van der Waals surface area contributed by atoms with Gasteiger partial charge >= 0.3 is 5.97 Å². The normalized spacial score (nSPS) is 24.6. The van der Waals surface area contributed by atoms with Crippen LogP contribution in [0.1, 0.15) is 46.5 Å². The van der Waals surface area contributed by atoms with Crippen molar-refractivity contribution in [2.45, 2.75) is 51.2 Å². The van der Waals surface area contributed by atoms with Crippen molar-refractivity contribution in [3.05, 3.63) is 11.6 Å². The molecule has 1 aliphatic carbocycles. The second kappa shape index (κ2) is 6.48. The van der Waals surface area contributed by atoms with Crippen LogP contribution in [0, 0.1) is 5.92 Å². The van der Waals surface area contributed by atoms with Gasteiger partial charge in [0.25, 0.3) is 0 Å². The van der Waals surface area contributed by atoms with Crippen LogP contribution >= 0.6 is 11.8 Å². The minimum Gasteiger partial charge on any atom is -0.469 e. The van der Waals surface area contributed by atoms with E-state index in [9.17, 15) is 4.79 Å². The van der Waals surface area contributed by atoms with Crippen LogP contribution in [0.2, 0.25) is 0 Å². The van der Waals surface area contributed by atoms with E-state index in [2.05, 4.69) is 31.6 Å². The SMILES string of the molecule is COC(=O)CCSC1(C(C)C)CC=C(C)CC1. The van der Waals surface area contributed by atoms with Gasteiger partial charge in [0, 0.05) is 10.5 Å². The molecule has 1 rings (SSSR count). The highest BCUT2D eigenvalue weighted by Crippen LogP contribution is 2.44. The maximum atomic E-state index is 11.1. The standard InChI is InChI=1S/C14H24O2S/c1-11(2)14(8-5-12(3)6-9-14)17-10-7-13(15)16-4/h5,11H,6-10H2,1-4H3. The van der Waals surface area contributed by atoms with E-state index in [1.165, 1.54) is 25.5 Å². The molecule has 0 saturated heterocycles. The third-order valence-corrected chi connectivity index (χ3v) is 5.54. The summed E-state index contributed by atoms with van der Waals surface area (Å²) in [6.07, 6.45) is 6.47. The Morgan fingerprint density at radius 1 is 1.59 bits per heavy atom. The molecule has 0 aromatic rings. The molecule has 0 amide bonds. The Balaban J connectivity index is 2.52. The number of rotatable bonds is 5. The summed E-state index contributed by atoms with van der Waals surface area (Å²) in [6, 6.07) is 0. The Kier molecular flexibility index (Phi) is 5.57. The Hall–Kier alpha value is -0.440. The van der Waals surface area contributed by atoms with Gasteiger partial charge in [-0.25, -0.2) is 0 Å². The molecule has 0 spiro atoms. The van der Waals surface area contributed by atoms with Crippen molar-refractivity contribution in [1.29, 1.82) is 0 Å². The number of carbonyl (C=O) groups excluding carboxylic acids is 1. The molecular weight excluding hydrogens is 232 g/mol. The highest BCUT2D eigenvalue weighted by Gasteiger charge is 2.34. The van der Waals surface area contributed by atoms with Crippen molar-refractivity contribution in [2.75, 3.05) is 12.9 Å². The van der Waals surface area contributed by atoms with Gasteiger partial charge in [-0.05, 0) is 32.1 Å². The van der Waals surface area contributed by atoms with Gasteiger partial charge < -0.3 is 4.74 Å². The maximum Gasteiger partial charge on any atom is 0.306 e. The first kappa shape index (κ1) is 14.6. The molecule has 0 aromatic carbocycles. The van der Waals surface area contributed by atoms with E-state index in [1.807, 2.05) is 11.8 Å². The molecule has 2 nitrogen and oxygen atoms in total. The highest BCUT2D eigenvalue weighted by molar-refractivity contribution is 8.00. The second-order valence-corrected chi connectivity index (χ2v) is 6.66.